The molecular weight excluding hydrogens is 348 g/mol. The van der Waals surface area contributed by atoms with Crippen LogP contribution in [0.5, 0.6) is 11.5 Å². The van der Waals surface area contributed by atoms with E-state index in [-0.39, 0.29) is 5.91 Å². The lowest BCUT2D eigenvalue weighted by atomic mass is 10.2. The lowest BCUT2D eigenvalue weighted by molar-refractivity contribution is 0.0994. The zero-order valence-corrected chi connectivity index (χ0v) is 14.9. The predicted octanol–water partition coefficient (Wildman–Crippen LogP) is 3.65. The van der Waals surface area contributed by atoms with Crippen LogP contribution in [0.3, 0.4) is 0 Å². The van der Waals surface area contributed by atoms with Gasteiger partial charge in [-0.2, -0.15) is 4.99 Å². The average Bonchev–Trinajstić information content (AvgIpc) is 2.89. The Balaban J connectivity index is 2.12. The summed E-state index contributed by atoms with van der Waals surface area (Å²) >= 11 is 7.43. The minimum absolute atomic E-state index is 0.354. The first-order valence-corrected chi connectivity index (χ1v) is 8.29. The van der Waals surface area contributed by atoms with Gasteiger partial charge in [-0.1, -0.05) is 22.9 Å². The zero-order valence-electron chi connectivity index (χ0n) is 13.4. The van der Waals surface area contributed by atoms with E-state index in [1.807, 2.05) is 29.8 Å². The molecule has 24 heavy (non-hydrogen) atoms. The number of aryl methyl sites for hydroxylation is 1. The Hall–Kier alpha value is -2.31. The smallest absolute Gasteiger partial charge is 0.283 e. The summed E-state index contributed by atoms with van der Waals surface area (Å²) in [5.74, 6) is 0.636. The van der Waals surface area contributed by atoms with Crippen LogP contribution in [0, 0.1) is 0 Å². The van der Waals surface area contributed by atoms with Crippen LogP contribution in [0.15, 0.2) is 41.4 Å². The second kappa shape index (κ2) is 6.67. The molecule has 0 bridgehead atoms. The van der Waals surface area contributed by atoms with E-state index < -0.39 is 0 Å². The highest BCUT2D eigenvalue weighted by Gasteiger charge is 2.14. The molecule has 1 heterocycles. The molecule has 0 aliphatic heterocycles. The number of carbonyl (C=O) groups excluding carboxylic acids is 1. The fourth-order valence-electron chi connectivity index (χ4n) is 2.34. The van der Waals surface area contributed by atoms with Gasteiger partial charge in [0.25, 0.3) is 5.91 Å². The number of ether oxygens (including phenoxy) is 2. The highest BCUT2D eigenvalue weighted by molar-refractivity contribution is 7.16. The molecule has 0 saturated carbocycles. The number of rotatable bonds is 3. The van der Waals surface area contributed by atoms with Gasteiger partial charge in [-0.05, 0) is 36.4 Å². The van der Waals surface area contributed by atoms with Crippen LogP contribution in [0.2, 0.25) is 5.02 Å². The van der Waals surface area contributed by atoms with Crippen molar-refractivity contribution in [3.05, 3.63) is 51.8 Å². The lowest BCUT2D eigenvalue weighted by Gasteiger charge is -2.07. The SMILES string of the molecule is COc1ccc(OC)c(C(=O)N=c2sc3cc(Cl)ccc3n2C)c1. The van der Waals surface area contributed by atoms with Crippen molar-refractivity contribution in [2.45, 2.75) is 0 Å². The van der Waals surface area contributed by atoms with E-state index in [9.17, 15) is 4.79 Å². The molecule has 0 atom stereocenters. The maximum atomic E-state index is 12.6. The molecule has 0 aliphatic rings. The topological polar surface area (TPSA) is 52.8 Å². The van der Waals surface area contributed by atoms with Crippen LogP contribution in [0.4, 0.5) is 0 Å². The molecule has 0 spiro atoms. The number of aromatic nitrogens is 1. The fourth-order valence-corrected chi connectivity index (χ4v) is 3.64. The number of hydrogen-bond acceptors (Lipinski definition) is 4. The molecule has 3 aromatic rings. The van der Waals surface area contributed by atoms with Crippen LogP contribution in [0.25, 0.3) is 10.2 Å². The molecule has 2 aromatic carbocycles. The summed E-state index contributed by atoms with van der Waals surface area (Å²) in [5.41, 5.74) is 1.32. The molecule has 1 aromatic heterocycles. The molecule has 0 aliphatic carbocycles. The summed E-state index contributed by atoms with van der Waals surface area (Å²) in [4.78, 5) is 17.5. The fraction of sp³-hybridized carbons (Fsp3) is 0.176. The molecule has 0 unspecified atom stereocenters. The van der Waals surface area contributed by atoms with Gasteiger partial charge >= 0.3 is 0 Å². The summed E-state index contributed by atoms with van der Waals surface area (Å²) < 4.78 is 13.3. The van der Waals surface area contributed by atoms with E-state index in [2.05, 4.69) is 4.99 Å². The summed E-state index contributed by atoms with van der Waals surface area (Å²) in [5, 5.41) is 0.650. The average molecular weight is 363 g/mol. The molecule has 1 amide bonds. The third-order valence-corrected chi connectivity index (χ3v) is 4.94. The Bertz CT molecular complexity index is 991. The van der Waals surface area contributed by atoms with Gasteiger partial charge in [-0.15, -0.1) is 0 Å². The van der Waals surface area contributed by atoms with Crippen molar-refractivity contribution in [3.63, 3.8) is 0 Å². The van der Waals surface area contributed by atoms with E-state index in [0.717, 1.165) is 10.2 Å². The van der Waals surface area contributed by atoms with E-state index >= 15 is 0 Å². The molecule has 0 radical (unpaired) electrons. The monoisotopic (exact) mass is 362 g/mol. The van der Waals surface area contributed by atoms with Crippen molar-refractivity contribution in [3.8, 4) is 11.5 Å². The Morgan fingerprint density at radius 3 is 2.67 bits per heavy atom. The number of fused-ring (bicyclic) bond motifs is 1. The van der Waals surface area contributed by atoms with Crippen molar-refractivity contribution in [1.29, 1.82) is 0 Å². The summed E-state index contributed by atoms with van der Waals surface area (Å²) in [6.07, 6.45) is 0. The number of hydrogen-bond donors (Lipinski definition) is 0. The van der Waals surface area contributed by atoms with Gasteiger partial charge in [0.15, 0.2) is 4.80 Å². The molecule has 7 heteroatoms. The van der Waals surface area contributed by atoms with Gasteiger partial charge in [-0.25, -0.2) is 0 Å². The van der Waals surface area contributed by atoms with Crippen molar-refractivity contribution >= 4 is 39.1 Å². The second-order valence-corrected chi connectivity index (χ2v) is 6.48. The Kier molecular flexibility index (Phi) is 4.59. The minimum atomic E-state index is -0.390. The minimum Gasteiger partial charge on any atom is -0.497 e. The van der Waals surface area contributed by atoms with Crippen molar-refractivity contribution in [1.82, 2.24) is 4.57 Å². The highest BCUT2D eigenvalue weighted by Crippen LogP contribution is 2.25. The van der Waals surface area contributed by atoms with Crippen LogP contribution >= 0.6 is 22.9 Å². The predicted molar refractivity (Wildman–Crippen MR) is 95.2 cm³/mol. The first-order valence-electron chi connectivity index (χ1n) is 7.09. The Morgan fingerprint density at radius 1 is 1.17 bits per heavy atom. The van der Waals surface area contributed by atoms with Crippen LogP contribution < -0.4 is 14.3 Å². The summed E-state index contributed by atoms with van der Waals surface area (Å²) in [6, 6.07) is 10.6. The van der Waals surface area contributed by atoms with Crippen LogP contribution in [-0.4, -0.2) is 24.7 Å². The Morgan fingerprint density at radius 2 is 1.96 bits per heavy atom. The standard InChI is InChI=1S/C17H15ClN2O3S/c1-20-13-6-4-10(18)8-15(13)24-17(20)19-16(21)12-9-11(22-2)5-7-14(12)23-3/h4-9H,1-3H3. The first kappa shape index (κ1) is 16.5. The van der Waals surface area contributed by atoms with Crippen LogP contribution in [-0.2, 0) is 7.05 Å². The van der Waals surface area contributed by atoms with Gasteiger partial charge in [0.05, 0.1) is 30.0 Å². The van der Waals surface area contributed by atoms with E-state index in [1.54, 1.807) is 25.3 Å². The van der Waals surface area contributed by atoms with E-state index in [0.29, 0.717) is 26.9 Å². The maximum Gasteiger partial charge on any atom is 0.283 e. The lowest BCUT2D eigenvalue weighted by Crippen LogP contribution is -2.13. The quantitative estimate of drug-likeness (QED) is 0.714. The van der Waals surface area contributed by atoms with Crippen LogP contribution in [0.1, 0.15) is 10.4 Å². The summed E-state index contributed by atoms with van der Waals surface area (Å²) in [6.45, 7) is 0. The normalized spacial score (nSPS) is 11.8. The van der Waals surface area contributed by atoms with Gasteiger partial charge in [0.1, 0.15) is 11.5 Å². The van der Waals surface area contributed by atoms with Gasteiger partial charge in [-0.3, -0.25) is 4.79 Å². The Labute approximate surface area is 147 Å². The molecule has 124 valence electrons. The third-order valence-electron chi connectivity index (χ3n) is 3.61. The molecule has 0 N–H and O–H groups in total. The maximum absolute atomic E-state index is 12.6. The number of nitrogens with zero attached hydrogens (tertiary/aromatic N) is 2. The number of carbonyl (C=O) groups is 1. The second-order valence-electron chi connectivity index (χ2n) is 5.04. The van der Waals surface area contributed by atoms with Crippen molar-refractivity contribution in [2.24, 2.45) is 12.0 Å². The molecule has 0 saturated heterocycles. The molecule has 5 nitrogen and oxygen atoms in total. The number of halogens is 1. The number of methoxy groups -OCH3 is 2. The molecule has 0 fully saturated rings. The van der Waals surface area contributed by atoms with Crippen molar-refractivity contribution in [2.75, 3.05) is 14.2 Å². The molecular formula is C17H15ClN2O3S. The number of benzene rings is 2. The van der Waals surface area contributed by atoms with Gasteiger partial charge in [0.2, 0.25) is 0 Å². The highest BCUT2D eigenvalue weighted by atomic mass is 35.5. The van der Waals surface area contributed by atoms with Gasteiger partial charge < -0.3 is 14.0 Å². The van der Waals surface area contributed by atoms with Gasteiger partial charge in [0, 0.05) is 12.1 Å². The largest absolute Gasteiger partial charge is 0.497 e. The van der Waals surface area contributed by atoms with Crippen molar-refractivity contribution < 1.29 is 14.3 Å². The number of thiazole rings is 1. The third kappa shape index (κ3) is 3.02. The van der Waals surface area contributed by atoms with E-state index in [1.165, 1.54) is 18.4 Å². The number of amides is 1. The molecule has 3 rings (SSSR count). The van der Waals surface area contributed by atoms with E-state index in [4.69, 9.17) is 21.1 Å². The zero-order chi connectivity index (χ0) is 17.3. The first-order chi connectivity index (χ1) is 11.5. The summed E-state index contributed by atoms with van der Waals surface area (Å²) in [7, 11) is 4.92.